The second kappa shape index (κ2) is 3.77. The van der Waals surface area contributed by atoms with Gasteiger partial charge in [-0.3, -0.25) is 4.79 Å². The standard InChI is InChI=1S/C8H14O3S/c1-6(9)12-5-7-4-10-8(2,3)11-7/h7H,4-5H2,1-3H3/t7-/m0/s1. The smallest absolute Gasteiger partial charge is 0.185 e. The highest BCUT2D eigenvalue weighted by atomic mass is 32.2. The summed E-state index contributed by atoms with van der Waals surface area (Å²) in [7, 11) is 0. The van der Waals surface area contributed by atoms with Gasteiger partial charge in [-0.25, -0.2) is 0 Å². The third kappa shape index (κ3) is 3.13. The van der Waals surface area contributed by atoms with E-state index in [4.69, 9.17) is 9.47 Å². The average Bonchev–Trinajstić information content (AvgIpc) is 2.26. The van der Waals surface area contributed by atoms with Gasteiger partial charge in [0, 0.05) is 12.7 Å². The number of rotatable bonds is 2. The van der Waals surface area contributed by atoms with Crippen LogP contribution in [0.5, 0.6) is 0 Å². The van der Waals surface area contributed by atoms with Crippen LogP contribution < -0.4 is 0 Å². The van der Waals surface area contributed by atoms with Gasteiger partial charge in [-0.05, 0) is 13.8 Å². The van der Waals surface area contributed by atoms with E-state index in [1.54, 1.807) is 6.92 Å². The zero-order valence-corrected chi connectivity index (χ0v) is 8.44. The van der Waals surface area contributed by atoms with Gasteiger partial charge >= 0.3 is 0 Å². The number of hydrogen-bond donors (Lipinski definition) is 0. The molecule has 0 spiro atoms. The Morgan fingerprint density at radius 3 is 2.75 bits per heavy atom. The molecule has 1 fully saturated rings. The summed E-state index contributed by atoms with van der Waals surface area (Å²) in [4.78, 5) is 10.6. The Bertz CT molecular complexity index is 179. The van der Waals surface area contributed by atoms with Crippen LogP contribution in [0.4, 0.5) is 0 Å². The molecular formula is C8H14O3S. The van der Waals surface area contributed by atoms with Crippen molar-refractivity contribution in [3.05, 3.63) is 0 Å². The highest BCUT2D eigenvalue weighted by Gasteiger charge is 2.32. The minimum absolute atomic E-state index is 0.0638. The van der Waals surface area contributed by atoms with Crippen molar-refractivity contribution in [3.63, 3.8) is 0 Å². The summed E-state index contributed by atoms with van der Waals surface area (Å²) in [6.45, 7) is 5.91. The molecule has 1 aliphatic rings. The van der Waals surface area contributed by atoms with Crippen LogP contribution in [0.1, 0.15) is 20.8 Å². The maximum atomic E-state index is 10.6. The van der Waals surface area contributed by atoms with Crippen molar-refractivity contribution >= 4 is 16.9 Å². The minimum Gasteiger partial charge on any atom is -0.348 e. The number of hydrogen-bond acceptors (Lipinski definition) is 4. The minimum atomic E-state index is -0.470. The highest BCUT2D eigenvalue weighted by molar-refractivity contribution is 8.13. The molecule has 1 rings (SSSR count). The van der Waals surface area contributed by atoms with Crippen molar-refractivity contribution in [1.82, 2.24) is 0 Å². The van der Waals surface area contributed by atoms with Gasteiger partial charge in [-0.1, -0.05) is 11.8 Å². The lowest BCUT2D eigenvalue weighted by Crippen LogP contribution is -2.22. The van der Waals surface area contributed by atoms with Crippen LogP contribution in [0, 0.1) is 0 Å². The van der Waals surface area contributed by atoms with Gasteiger partial charge in [-0.2, -0.15) is 0 Å². The van der Waals surface area contributed by atoms with Crippen LogP contribution in [0.25, 0.3) is 0 Å². The van der Waals surface area contributed by atoms with E-state index in [9.17, 15) is 4.79 Å². The van der Waals surface area contributed by atoms with Crippen molar-refractivity contribution in [2.24, 2.45) is 0 Å². The molecule has 0 bridgehead atoms. The molecule has 0 aromatic carbocycles. The quantitative estimate of drug-likeness (QED) is 0.659. The first-order chi connectivity index (χ1) is 5.49. The van der Waals surface area contributed by atoms with Crippen molar-refractivity contribution in [1.29, 1.82) is 0 Å². The van der Waals surface area contributed by atoms with Crippen LogP contribution in [0.3, 0.4) is 0 Å². The Hall–Kier alpha value is -0.0600. The van der Waals surface area contributed by atoms with Crippen molar-refractivity contribution in [2.45, 2.75) is 32.7 Å². The molecule has 1 aliphatic heterocycles. The summed E-state index contributed by atoms with van der Waals surface area (Å²) < 4.78 is 10.8. The molecule has 12 heavy (non-hydrogen) atoms. The van der Waals surface area contributed by atoms with E-state index in [2.05, 4.69) is 0 Å². The Kier molecular flexibility index (Phi) is 3.15. The van der Waals surface area contributed by atoms with Crippen LogP contribution in [-0.4, -0.2) is 29.4 Å². The normalized spacial score (nSPS) is 27.4. The fourth-order valence-electron chi connectivity index (χ4n) is 1.06. The molecule has 1 atom stereocenters. The molecule has 0 aromatic rings. The fraction of sp³-hybridized carbons (Fsp3) is 0.875. The van der Waals surface area contributed by atoms with Crippen LogP contribution in [0.15, 0.2) is 0 Å². The Balaban J connectivity index is 2.24. The zero-order chi connectivity index (χ0) is 9.19. The van der Waals surface area contributed by atoms with E-state index in [0.29, 0.717) is 12.4 Å². The second-order valence-electron chi connectivity index (χ2n) is 3.25. The van der Waals surface area contributed by atoms with Crippen LogP contribution in [0.2, 0.25) is 0 Å². The summed E-state index contributed by atoms with van der Waals surface area (Å²) in [6.07, 6.45) is 0.0638. The second-order valence-corrected chi connectivity index (χ2v) is 4.45. The summed E-state index contributed by atoms with van der Waals surface area (Å²) in [5.74, 6) is 0.223. The number of ether oxygens (including phenoxy) is 2. The lowest BCUT2D eigenvalue weighted by molar-refractivity contribution is -0.135. The monoisotopic (exact) mass is 190 g/mol. The van der Waals surface area contributed by atoms with Crippen molar-refractivity contribution in [3.8, 4) is 0 Å². The molecule has 0 N–H and O–H groups in total. The predicted octanol–water partition coefficient (Wildman–Crippen LogP) is 1.42. The zero-order valence-electron chi connectivity index (χ0n) is 7.62. The Morgan fingerprint density at radius 2 is 2.33 bits per heavy atom. The molecule has 3 nitrogen and oxygen atoms in total. The van der Waals surface area contributed by atoms with Gasteiger partial charge in [-0.15, -0.1) is 0 Å². The molecule has 0 unspecified atom stereocenters. The first kappa shape index (κ1) is 10.0. The van der Waals surface area contributed by atoms with Gasteiger partial charge in [0.05, 0.1) is 12.7 Å². The van der Waals surface area contributed by atoms with E-state index in [1.807, 2.05) is 13.8 Å². The SMILES string of the molecule is CC(=O)SC[C@@H]1COC(C)(C)O1. The van der Waals surface area contributed by atoms with Gasteiger partial charge in [0.15, 0.2) is 10.9 Å². The third-order valence-electron chi connectivity index (χ3n) is 1.54. The summed E-state index contributed by atoms with van der Waals surface area (Å²) in [5, 5.41) is 0.128. The van der Waals surface area contributed by atoms with Gasteiger partial charge < -0.3 is 9.47 Å². The van der Waals surface area contributed by atoms with Gasteiger partial charge in [0.1, 0.15) is 0 Å². The molecule has 1 saturated heterocycles. The van der Waals surface area contributed by atoms with E-state index in [0.717, 1.165) is 0 Å². The molecule has 70 valence electrons. The first-order valence-electron chi connectivity index (χ1n) is 3.95. The lowest BCUT2D eigenvalue weighted by atomic mass is 10.4. The molecule has 0 saturated carbocycles. The topological polar surface area (TPSA) is 35.5 Å². The maximum Gasteiger partial charge on any atom is 0.185 e. The highest BCUT2D eigenvalue weighted by Crippen LogP contribution is 2.24. The van der Waals surface area contributed by atoms with Gasteiger partial charge in [0.2, 0.25) is 0 Å². The van der Waals surface area contributed by atoms with E-state index < -0.39 is 5.79 Å². The molecule has 1 heterocycles. The summed E-state index contributed by atoms with van der Waals surface area (Å²) >= 11 is 1.29. The van der Waals surface area contributed by atoms with Crippen molar-refractivity contribution in [2.75, 3.05) is 12.4 Å². The number of carbonyl (C=O) groups excluding carboxylic acids is 1. The number of thioether (sulfide) groups is 1. The fourth-order valence-corrected chi connectivity index (χ4v) is 1.64. The molecule has 0 amide bonds. The van der Waals surface area contributed by atoms with Crippen molar-refractivity contribution < 1.29 is 14.3 Å². The maximum absolute atomic E-state index is 10.6. The lowest BCUT2D eigenvalue weighted by Gasteiger charge is -2.16. The van der Waals surface area contributed by atoms with Gasteiger partial charge in [0.25, 0.3) is 0 Å². The molecule has 0 radical (unpaired) electrons. The first-order valence-corrected chi connectivity index (χ1v) is 4.93. The average molecular weight is 190 g/mol. The van der Waals surface area contributed by atoms with E-state index >= 15 is 0 Å². The Morgan fingerprint density at radius 1 is 1.67 bits per heavy atom. The molecular weight excluding hydrogens is 176 g/mol. The summed E-state index contributed by atoms with van der Waals surface area (Å²) in [5.41, 5.74) is 0. The largest absolute Gasteiger partial charge is 0.348 e. The predicted molar refractivity (Wildman–Crippen MR) is 48.0 cm³/mol. The molecule has 0 aliphatic carbocycles. The number of carbonyl (C=O) groups is 1. The molecule has 0 aromatic heterocycles. The van der Waals surface area contributed by atoms with Crippen LogP contribution in [-0.2, 0) is 14.3 Å². The third-order valence-corrected chi connectivity index (χ3v) is 2.48. The molecule has 4 heteroatoms. The summed E-state index contributed by atoms with van der Waals surface area (Å²) in [6, 6.07) is 0. The Labute approximate surface area is 76.8 Å². The van der Waals surface area contributed by atoms with E-state index in [-0.39, 0.29) is 11.2 Å². The van der Waals surface area contributed by atoms with E-state index in [1.165, 1.54) is 11.8 Å². The van der Waals surface area contributed by atoms with Crippen LogP contribution >= 0.6 is 11.8 Å².